The van der Waals surface area contributed by atoms with Gasteiger partial charge in [-0.25, -0.2) is 4.79 Å². The minimum atomic E-state index is -0.350. The van der Waals surface area contributed by atoms with Gasteiger partial charge in [0.1, 0.15) is 0 Å². The van der Waals surface area contributed by atoms with Gasteiger partial charge in [-0.05, 0) is 41.5 Å². The van der Waals surface area contributed by atoms with Crippen molar-refractivity contribution in [1.82, 2.24) is 20.9 Å². The van der Waals surface area contributed by atoms with Crippen LogP contribution in [-0.4, -0.2) is 36.6 Å². The van der Waals surface area contributed by atoms with Gasteiger partial charge in [0.25, 0.3) is 5.91 Å². The zero-order valence-electron chi connectivity index (χ0n) is 17.5. The predicted octanol–water partition coefficient (Wildman–Crippen LogP) is 4.93. The molecule has 4 N–H and O–H groups in total. The Morgan fingerprint density at radius 2 is 1.76 bits per heavy atom. The number of aromatic nitrogens is 1. The van der Waals surface area contributed by atoms with Gasteiger partial charge in [0, 0.05) is 52.7 Å². The third kappa shape index (κ3) is 5.50. The average molecular weight is 485 g/mol. The summed E-state index contributed by atoms with van der Waals surface area (Å²) in [6, 6.07) is 16.2. The summed E-state index contributed by atoms with van der Waals surface area (Å²) < 4.78 is 5.03. The fourth-order valence-corrected chi connectivity index (χ4v) is 4.20. The van der Waals surface area contributed by atoms with Crippen LogP contribution in [-0.2, 0) is 0 Å². The van der Waals surface area contributed by atoms with E-state index in [4.69, 9.17) is 27.6 Å². The first kappa shape index (κ1) is 22.8. The molecule has 1 atom stereocenters. The molecule has 2 aromatic heterocycles. The lowest BCUT2D eigenvalue weighted by molar-refractivity contribution is 0.0926. The highest BCUT2D eigenvalue weighted by Gasteiger charge is 2.21. The molecule has 0 saturated carbocycles. The normalized spacial score (nSPS) is 11.8. The first-order valence-corrected chi connectivity index (χ1v) is 11.1. The topological polar surface area (TPSA) is 99.2 Å². The number of H-pyrrole nitrogens is 1. The number of hydrogen-bond acceptors (Lipinski definition) is 3. The largest absolute Gasteiger partial charge is 0.459 e. The van der Waals surface area contributed by atoms with E-state index in [1.807, 2.05) is 36.5 Å². The molecule has 0 fully saturated rings. The summed E-state index contributed by atoms with van der Waals surface area (Å²) in [7, 11) is 0. The van der Waals surface area contributed by atoms with Crippen molar-refractivity contribution in [3.8, 4) is 0 Å². The number of para-hydroxylation sites is 1. The Labute approximate surface area is 200 Å². The third-order valence-corrected chi connectivity index (χ3v) is 5.80. The lowest BCUT2D eigenvalue weighted by Gasteiger charge is -2.20. The number of benzene rings is 2. The number of rotatable bonds is 8. The van der Waals surface area contributed by atoms with Crippen LogP contribution in [0.2, 0.25) is 10.0 Å². The number of hydrogen-bond donors (Lipinski definition) is 4. The van der Waals surface area contributed by atoms with Crippen molar-refractivity contribution in [3.05, 3.63) is 94.0 Å². The maximum Gasteiger partial charge on any atom is 0.314 e. The molecule has 2 aromatic carbocycles. The monoisotopic (exact) mass is 484 g/mol. The number of halogens is 2. The van der Waals surface area contributed by atoms with Crippen LogP contribution in [0.4, 0.5) is 4.79 Å². The number of fused-ring (bicyclic) bond motifs is 1. The molecule has 4 aromatic rings. The summed E-state index contributed by atoms with van der Waals surface area (Å²) in [6.07, 6.45) is 3.36. The van der Waals surface area contributed by atoms with Gasteiger partial charge in [-0.2, -0.15) is 0 Å². The van der Waals surface area contributed by atoms with Crippen LogP contribution >= 0.6 is 23.2 Å². The Bertz CT molecular complexity index is 1250. The molecular weight excluding hydrogens is 463 g/mol. The zero-order chi connectivity index (χ0) is 23.2. The maximum atomic E-state index is 12.4. The van der Waals surface area contributed by atoms with Crippen molar-refractivity contribution >= 4 is 46.0 Å². The fourth-order valence-electron chi connectivity index (χ4n) is 3.66. The van der Waals surface area contributed by atoms with Crippen molar-refractivity contribution < 1.29 is 14.0 Å². The Morgan fingerprint density at radius 3 is 2.55 bits per heavy atom. The van der Waals surface area contributed by atoms with Crippen LogP contribution in [0.25, 0.3) is 10.9 Å². The standard InChI is InChI=1S/C24H22Cl2N4O3/c25-15-7-8-16(20(26)12-15)18(19-13-29-21-5-2-1-4-17(19)21)14-30-24(32)28-10-9-27-23(31)22-6-3-11-33-22/h1-8,11-13,18,29H,9-10,14H2,(H,27,31)(H2,28,30,32). The minimum absolute atomic E-state index is 0.199. The van der Waals surface area contributed by atoms with Gasteiger partial charge < -0.3 is 25.4 Å². The molecule has 0 bridgehead atoms. The Morgan fingerprint density at radius 1 is 0.939 bits per heavy atom. The minimum Gasteiger partial charge on any atom is -0.459 e. The summed E-state index contributed by atoms with van der Waals surface area (Å²) in [5.41, 5.74) is 2.87. The lowest BCUT2D eigenvalue weighted by atomic mass is 9.91. The van der Waals surface area contributed by atoms with E-state index in [0.29, 0.717) is 16.6 Å². The van der Waals surface area contributed by atoms with Gasteiger partial charge in [0.2, 0.25) is 0 Å². The second-order valence-corrected chi connectivity index (χ2v) is 8.22. The van der Waals surface area contributed by atoms with E-state index in [9.17, 15) is 9.59 Å². The molecule has 3 amide bonds. The number of carbonyl (C=O) groups excluding carboxylic acids is 2. The summed E-state index contributed by atoms with van der Waals surface area (Å²) in [5.74, 6) is -0.310. The van der Waals surface area contributed by atoms with E-state index in [2.05, 4.69) is 20.9 Å². The number of urea groups is 1. The number of nitrogens with one attached hydrogen (secondary N) is 4. The van der Waals surface area contributed by atoms with E-state index in [1.165, 1.54) is 6.26 Å². The zero-order valence-corrected chi connectivity index (χ0v) is 19.0. The van der Waals surface area contributed by atoms with Crippen LogP contribution in [0.15, 0.2) is 71.5 Å². The van der Waals surface area contributed by atoms with Gasteiger partial charge in [0.15, 0.2) is 5.76 Å². The van der Waals surface area contributed by atoms with Crippen LogP contribution in [0.1, 0.15) is 27.6 Å². The molecule has 4 rings (SSSR count). The third-order valence-electron chi connectivity index (χ3n) is 5.24. The van der Waals surface area contributed by atoms with Crippen LogP contribution in [0.5, 0.6) is 0 Å². The van der Waals surface area contributed by atoms with E-state index >= 15 is 0 Å². The van der Waals surface area contributed by atoms with Gasteiger partial charge in [-0.1, -0.05) is 47.5 Å². The fraction of sp³-hybridized carbons (Fsp3) is 0.167. The molecule has 0 spiro atoms. The maximum absolute atomic E-state index is 12.4. The van der Waals surface area contributed by atoms with Crippen LogP contribution in [0, 0.1) is 0 Å². The van der Waals surface area contributed by atoms with E-state index < -0.39 is 0 Å². The van der Waals surface area contributed by atoms with Crippen molar-refractivity contribution in [2.75, 3.05) is 19.6 Å². The SMILES string of the molecule is O=C(NCCNC(=O)c1ccco1)NCC(c1ccc(Cl)cc1Cl)c1c[nH]c2ccccc12. The molecule has 9 heteroatoms. The average Bonchev–Trinajstić information content (AvgIpc) is 3.49. The molecular formula is C24H22Cl2N4O3. The number of amides is 3. The Kier molecular flexibility index (Phi) is 7.22. The molecule has 170 valence electrons. The van der Waals surface area contributed by atoms with Gasteiger partial charge in [0.05, 0.1) is 6.26 Å². The summed E-state index contributed by atoms with van der Waals surface area (Å²) in [4.78, 5) is 27.5. The molecule has 0 aliphatic carbocycles. The van der Waals surface area contributed by atoms with E-state index in [0.717, 1.165) is 22.0 Å². The quantitative estimate of drug-likeness (QED) is 0.267. The van der Waals surface area contributed by atoms with Crippen molar-refractivity contribution in [1.29, 1.82) is 0 Å². The highest BCUT2D eigenvalue weighted by Crippen LogP contribution is 2.35. The second kappa shape index (κ2) is 10.5. The molecule has 0 radical (unpaired) electrons. The number of carbonyl (C=O) groups is 2. The van der Waals surface area contributed by atoms with E-state index in [1.54, 1.807) is 24.3 Å². The number of aromatic amines is 1. The van der Waals surface area contributed by atoms with Gasteiger partial charge in [-0.3, -0.25) is 4.79 Å². The predicted molar refractivity (Wildman–Crippen MR) is 129 cm³/mol. The summed E-state index contributed by atoms with van der Waals surface area (Å²) in [6.45, 7) is 0.841. The van der Waals surface area contributed by atoms with E-state index in [-0.39, 0.29) is 36.7 Å². The number of furan rings is 1. The second-order valence-electron chi connectivity index (χ2n) is 7.38. The van der Waals surface area contributed by atoms with Crippen molar-refractivity contribution in [2.24, 2.45) is 0 Å². The first-order valence-electron chi connectivity index (χ1n) is 10.4. The molecule has 0 aliphatic rings. The Hall–Kier alpha value is -3.42. The molecule has 0 aliphatic heterocycles. The molecule has 2 heterocycles. The molecule has 1 unspecified atom stereocenters. The summed E-state index contributed by atoms with van der Waals surface area (Å²) in [5, 5.41) is 10.4. The van der Waals surface area contributed by atoms with Crippen molar-refractivity contribution in [2.45, 2.75) is 5.92 Å². The molecule has 7 nitrogen and oxygen atoms in total. The Balaban J connectivity index is 1.40. The lowest BCUT2D eigenvalue weighted by Crippen LogP contribution is -2.41. The highest BCUT2D eigenvalue weighted by molar-refractivity contribution is 6.35. The highest BCUT2D eigenvalue weighted by atomic mass is 35.5. The summed E-state index contributed by atoms with van der Waals surface area (Å²) >= 11 is 12.6. The van der Waals surface area contributed by atoms with Crippen LogP contribution in [0.3, 0.4) is 0 Å². The molecule has 33 heavy (non-hydrogen) atoms. The molecule has 0 saturated heterocycles. The van der Waals surface area contributed by atoms with Gasteiger partial charge in [-0.15, -0.1) is 0 Å². The van der Waals surface area contributed by atoms with Crippen molar-refractivity contribution in [3.63, 3.8) is 0 Å². The smallest absolute Gasteiger partial charge is 0.314 e. The first-order chi connectivity index (χ1) is 16.0. The van der Waals surface area contributed by atoms with Crippen LogP contribution < -0.4 is 16.0 Å². The van der Waals surface area contributed by atoms with Gasteiger partial charge >= 0.3 is 6.03 Å².